The van der Waals surface area contributed by atoms with Crippen molar-refractivity contribution in [2.75, 3.05) is 13.7 Å². The highest BCUT2D eigenvalue weighted by Gasteiger charge is 2.53. The van der Waals surface area contributed by atoms with Crippen LogP contribution in [-0.2, 0) is 6.42 Å². The summed E-state index contributed by atoms with van der Waals surface area (Å²) in [6.07, 6.45) is 6.97. The summed E-state index contributed by atoms with van der Waals surface area (Å²) in [6.45, 7) is 4.96. The number of hydrogen-bond acceptors (Lipinski definition) is 3. The maximum atomic E-state index is 6.09. The van der Waals surface area contributed by atoms with Crippen LogP contribution < -0.4 is 10.5 Å². The Hall–Kier alpha value is -1.09. The number of rotatable bonds is 4. The van der Waals surface area contributed by atoms with Crippen LogP contribution in [0.1, 0.15) is 36.1 Å². The Morgan fingerprint density at radius 2 is 2.05 bits per heavy atom. The average molecular weight is 260 g/mol. The molecule has 104 valence electrons. The van der Waals surface area contributed by atoms with Gasteiger partial charge in [0.25, 0.3) is 0 Å². The Labute approximate surface area is 115 Å². The maximum Gasteiger partial charge on any atom is 0.128 e. The smallest absolute Gasteiger partial charge is 0.128 e. The third-order valence-corrected chi connectivity index (χ3v) is 5.18. The van der Waals surface area contributed by atoms with Gasteiger partial charge in [-0.15, -0.1) is 0 Å². The summed E-state index contributed by atoms with van der Waals surface area (Å²) in [5, 5.41) is 0. The molecule has 2 atom stereocenters. The van der Waals surface area contributed by atoms with E-state index in [1.165, 1.54) is 30.5 Å². The van der Waals surface area contributed by atoms with Crippen molar-refractivity contribution < 1.29 is 4.74 Å². The van der Waals surface area contributed by atoms with Crippen molar-refractivity contribution in [1.29, 1.82) is 0 Å². The quantitative estimate of drug-likeness (QED) is 0.905. The molecule has 2 fully saturated rings. The fourth-order valence-electron chi connectivity index (χ4n) is 3.99. The summed E-state index contributed by atoms with van der Waals surface area (Å²) in [5.74, 6) is 2.90. The molecular weight excluding hydrogens is 236 g/mol. The van der Waals surface area contributed by atoms with Gasteiger partial charge in [0, 0.05) is 23.0 Å². The number of nitrogens with zero attached hydrogens (tertiary/aromatic N) is 1. The molecule has 1 aromatic heterocycles. The van der Waals surface area contributed by atoms with Crippen molar-refractivity contribution in [3.8, 4) is 5.75 Å². The van der Waals surface area contributed by atoms with Gasteiger partial charge >= 0.3 is 0 Å². The summed E-state index contributed by atoms with van der Waals surface area (Å²) in [6, 6.07) is 0. The van der Waals surface area contributed by atoms with E-state index in [0.29, 0.717) is 5.41 Å². The lowest BCUT2D eigenvalue weighted by Gasteiger charge is -2.30. The van der Waals surface area contributed by atoms with E-state index in [9.17, 15) is 0 Å². The number of ether oxygens (including phenoxy) is 1. The van der Waals surface area contributed by atoms with Crippen LogP contribution in [0.4, 0.5) is 0 Å². The number of aryl methyl sites for hydroxylation is 1. The van der Waals surface area contributed by atoms with Gasteiger partial charge in [-0.05, 0) is 63.3 Å². The molecule has 0 spiro atoms. The molecule has 2 aliphatic rings. The first-order valence-corrected chi connectivity index (χ1v) is 7.28. The molecule has 0 amide bonds. The molecule has 0 saturated heterocycles. The van der Waals surface area contributed by atoms with Gasteiger partial charge in [-0.1, -0.05) is 0 Å². The molecule has 19 heavy (non-hydrogen) atoms. The molecule has 3 nitrogen and oxygen atoms in total. The van der Waals surface area contributed by atoms with E-state index in [0.717, 1.165) is 36.1 Å². The van der Waals surface area contributed by atoms with Crippen LogP contribution >= 0.6 is 0 Å². The predicted octanol–water partition coefficient (Wildman–Crippen LogP) is 2.62. The number of hydrogen-bond donors (Lipinski definition) is 1. The van der Waals surface area contributed by atoms with Crippen molar-refractivity contribution in [2.24, 2.45) is 23.0 Å². The molecule has 0 aromatic carbocycles. The second kappa shape index (κ2) is 4.48. The van der Waals surface area contributed by atoms with Gasteiger partial charge in [0.1, 0.15) is 5.75 Å². The average Bonchev–Trinajstić information content (AvgIpc) is 3.02. The van der Waals surface area contributed by atoms with E-state index < -0.39 is 0 Å². The SMILES string of the molecule is COc1c(C)cnc(CC2(CN)CC3CC3C2)c1C. The monoisotopic (exact) mass is 260 g/mol. The third-order valence-electron chi connectivity index (χ3n) is 5.18. The van der Waals surface area contributed by atoms with Crippen LogP contribution in [0.3, 0.4) is 0 Å². The summed E-state index contributed by atoms with van der Waals surface area (Å²) in [7, 11) is 1.74. The van der Waals surface area contributed by atoms with Crippen molar-refractivity contribution in [3.05, 3.63) is 23.0 Å². The number of fused-ring (bicyclic) bond motifs is 1. The summed E-state index contributed by atoms with van der Waals surface area (Å²) >= 11 is 0. The van der Waals surface area contributed by atoms with Crippen LogP contribution in [0.5, 0.6) is 5.75 Å². The number of nitrogens with two attached hydrogens (primary N) is 1. The topological polar surface area (TPSA) is 48.1 Å². The molecule has 2 aliphatic carbocycles. The van der Waals surface area contributed by atoms with Crippen molar-refractivity contribution in [1.82, 2.24) is 4.98 Å². The summed E-state index contributed by atoms with van der Waals surface area (Å²) in [4.78, 5) is 4.65. The lowest BCUT2D eigenvalue weighted by molar-refractivity contribution is 0.269. The number of pyridine rings is 1. The normalized spacial score (nSPS) is 32.2. The molecule has 0 radical (unpaired) electrons. The van der Waals surface area contributed by atoms with Gasteiger partial charge in [0.05, 0.1) is 7.11 Å². The van der Waals surface area contributed by atoms with Crippen LogP contribution in [0.25, 0.3) is 0 Å². The minimum Gasteiger partial charge on any atom is -0.496 e. The molecule has 1 heterocycles. The highest BCUT2D eigenvalue weighted by Crippen LogP contribution is 2.60. The van der Waals surface area contributed by atoms with Crippen LogP contribution in [0, 0.1) is 31.1 Å². The first-order valence-electron chi connectivity index (χ1n) is 7.28. The van der Waals surface area contributed by atoms with Gasteiger partial charge in [-0.2, -0.15) is 0 Å². The first-order chi connectivity index (χ1) is 9.08. The Morgan fingerprint density at radius 3 is 2.63 bits per heavy atom. The van der Waals surface area contributed by atoms with E-state index >= 15 is 0 Å². The molecule has 2 saturated carbocycles. The Morgan fingerprint density at radius 1 is 1.37 bits per heavy atom. The Bertz CT molecular complexity index is 488. The molecule has 3 rings (SSSR count). The molecule has 0 aliphatic heterocycles. The van der Waals surface area contributed by atoms with E-state index in [-0.39, 0.29) is 0 Å². The highest BCUT2D eigenvalue weighted by molar-refractivity contribution is 5.41. The lowest BCUT2D eigenvalue weighted by atomic mass is 9.78. The standard InChI is InChI=1S/C16H24N2O/c1-10-8-18-14(11(2)15(10)19-3)7-16(9-17)5-12-4-13(12)6-16/h8,12-13H,4-7,9,17H2,1-3H3. The van der Waals surface area contributed by atoms with E-state index in [1.54, 1.807) is 7.11 Å². The largest absolute Gasteiger partial charge is 0.496 e. The zero-order valence-corrected chi connectivity index (χ0v) is 12.2. The van der Waals surface area contributed by atoms with Crippen LogP contribution in [-0.4, -0.2) is 18.6 Å². The van der Waals surface area contributed by atoms with Crippen molar-refractivity contribution in [2.45, 2.75) is 39.5 Å². The van der Waals surface area contributed by atoms with Gasteiger partial charge < -0.3 is 10.5 Å². The van der Waals surface area contributed by atoms with Gasteiger partial charge in [0.15, 0.2) is 0 Å². The van der Waals surface area contributed by atoms with Gasteiger partial charge in [0.2, 0.25) is 0 Å². The molecular formula is C16H24N2O. The Kier molecular flexibility index (Phi) is 3.05. The summed E-state index contributed by atoms with van der Waals surface area (Å²) < 4.78 is 5.51. The predicted molar refractivity (Wildman–Crippen MR) is 76.3 cm³/mol. The fraction of sp³-hybridized carbons (Fsp3) is 0.688. The van der Waals surface area contributed by atoms with E-state index in [2.05, 4.69) is 11.9 Å². The molecule has 2 unspecified atom stereocenters. The number of methoxy groups -OCH3 is 1. The lowest BCUT2D eigenvalue weighted by Crippen LogP contribution is -2.32. The van der Waals surface area contributed by atoms with Gasteiger partial charge in [-0.25, -0.2) is 0 Å². The highest BCUT2D eigenvalue weighted by atomic mass is 16.5. The molecule has 2 N–H and O–H groups in total. The Balaban J connectivity index is 1.86. The molecule has 1 aromatic rings. The zero-order valence-electron chi connectivity index (χ0n) is 12.2. The van der Waals surface area contributed by atoms with E-state index in [1.807, 2.05) is 13.1 Å². The minimum absolute atomic E-state index is 0.297. The van der Waals surface area contributed by atoms with E-state index in [4.69, 9.17) is 10.5 Å². The van der Waals surface area contributed by atoms with Crippen LogP contribution in [0.2, 0.25) is 0 Å². The zero-order chi connectivity index (χ0) is 13.6. The first kappa shape index (κ1) is 12.9. The van der Waals surface area contributed by atoms with Crippen molar-refractivity contribution in [3.63, 3.8) is 0 Å². The second-order valence-corrected chi connectivity index (χ2v) is 6.59. The van der Waals surface area contributed by atoms with Crippen molar-refractivity contribution >= 4 is 0 Å². The molecule has 0 bridgehead atoms. The number of aromatic nitrogens is 1. The minimum atomic E-state index is 0.297. The summed E-state index contributed by atoms with van der Waals surface area (Å²) in [5.41, 5.74) is 9.86. The third kappa shape index (κ3) is 2.14. The van der Waals surface area contributed by atoms with Gasteiger partial charge in [-0.3, -0.25) is 4.98 Å². The molecule has 3 heteroatoms. The second-order valence-electron chi connectivity index (χ2n) is 6.59. The maximum absolute atomic E-state index is 6.09. The fourth-order valence-corrected chi connectivity index (χ4v) is 3.99. The van der Waals surface area contributed by atoms with Crippen LogP contribution in [0.15, 0.2) is 6.20 Å².